The van der Waals surface area contributed by atoms with Crippen molar-refractivity contribution >= 4 is 51.7 Å². The van der Waals surface area contributed by atoms with Crippen LogP contribution in [0, 0.1) is 11.3 Å². The van der Waals surface area contributed by atoms with Crippen molar-refractivity contribution in [3.8, 4) is 6.07 Å². The van der Waals surface area contributed by atoms with E-state index in [1.54, 1.807) is 18.2 Å². The molecular formula is C24H22Cl2N6O. The zero-order valence-electron chi connectivity index (χ0n) is 17.9. The van der Waals surface area contributed by atoms with Crippen molar-refractivity contribution < 1.29 is 4.79 Å². The summed E-state index contributed by atoms with van der Waals surface area (Å²) in [5.41, 5.74) is 2.98. The van der Waals surface area contributed by atoms with Crippen molar-refractivity contribution in [1.29, 1.82) is 5.26 Å². The summed E-state index contributed by atoms with van der Waals surface area (Å²) < 4.78 is 0. The fraction of sp³-hybridized carbons (Fsp3) is 0.333. The van der Waals surface area contributed by atoms with Crippen LogP contribution in [-0.2, 0) is 11.3 Å². The molecule has 0 bridgehead atoms. The first-order valence-electron chi connectivity index (χ1n) is 10.9. The maximum atomic E-state index is 11.5. The molecule has 1 aliphatic heterocycles. The number of carbonyl (C=O) groups excluding carboxylic acids is 1. The number of Topliss-reactive ketones (excluding diaryl/α,β-unsaturated/α-hetero) is 1. The molecule has 1 aromatic heterocycles. The van der Waals surface area contributed by atoms with Gasteiger partial charge >= 0.3 is 0 Å². The highest BCUT2D eigenvalue weighted by Crippen LogP contribution is 2.30. The second kappa shape index (κ2) is 9.14. The predicted molar refractivity (Wildman–Crippen MR) is 130 cm³/mol. The highest BCUT2D eigenvalue weighted by Gasteiger charge is 2.29. The number of nitrogens with zero attached hydrogens (tertiary/aromatic N) is 5. The predicted octanol–water partition coefficient (Wildman–Crippen LogP) is 4.27. The summed E-state index contributed by atoms with van der Waals surface area (Å²) in [6.07, 6.45) is 1.03. The molecule has 1 saturated heterocycles. The Morgan fingerprint density at radius 2 is 1.82 bits per heavy atom. The zero-order valence-corrected chi connectivity index (χ0v) is 19.4. The standard InChI is InChI=1S/C24H22Cl2N6O/c25-17-2-3-20(26)16(10-17)14-31-5-7-32(8-6-31)24-23(28-18-11-19(33)12-18)29-21-4-1-15(13-27)9-22(21)30-24/h1-4,9-10,18H,5-8,11-12,14H2,(H,28,29). The second-order valence-electron chi connectivity index (χ2n) is 8.50. The molecular weight excluding hydrogens is 459 g/mol. The number of fused-ring (bicyclic) bond motifs is 1. The number of aromatic nitrogens is 2. The molecule has 0 unspecified atom stereocenters. The van der Waals surface area contributed by atoms with E-state index in [1.165, 1.54) is 0 Å². The van der Waals surface area contributed by atoms with E-state index in [2.05, 4.69) is 21.2 Å². The smallest absolute Gasteiger partial charge is 0.172 e. The summed E-state index contributed by atoms with van der Waals surface area (Å²) in [5, 5.41) is 14.1. The van der Waals surface area contributed by atoms with Gasteiger partial charge in [0.15, 0.2) is 11.6 Å². The second-order valence-corrected chi connectivity index (χ2v) is 9.34. The molecule has 3 aromatic rings. The normalized spacial score (nSPS) is 17.1. The van der Waals surface area contributed by atoms with Crippen LogP contribution in [0.3, 0.4) is 0 Å². The first-order valence-corrected chi connectivity index (χ1v) is 11.7. The molecule has 5 rings (SSSR count). The van der Waals surface area contributed by atoms with E-state index >= 15 is 0 Å². The molecule has 168 valence electrons. The van der Waals surface area contributed by atoms with Crippen LogP contribution < -0.4 is 10.2 Å². The number of nitriles is 1. The minimum atomic E-state index is 0.0904. The minimum Gasteiger partial charge on any atom is -0.363 e. The van der Waals surface area contributed by atoms with Gasteiger partial charge in [0.25, 0.3) is 0 Å². The van der Waals surface area contributed by atoms with Gasteiger partial charge in [-0.2, -0.15) is 5.26 Å². The summed E-state index contributed by atoms with van der Waals surface area (Å²) in [7, 11) is 0. The largest absolute Gasteiger partial charge is 0.363 e. The summed E-state index contributed by atoms with van der Waals surface area (Å²) in [6, 6.07) is 13.1. The van der Waals surface area contributed by atoms with Gasteiger partial charge in [0, 0.05) is 61.7 Å². The third-order valence-electron chi connectivity index (χ3n) is 6.14. The number of carbonyl (C=O) groups is 1. The lowest BCUT2D eigenvalue weighted by Gasteiger charge is -2.37. The molecule has 7 nitrogen and oxygen atoms in total. The number of ketones is 1. The Balaban J connectivity index is 1.37. The zero-order chi connectivity index (χ0) is 22.9. The van der Waals surface area contributed by atoms with Crippen molar-refractivity contribution in [2.75, 3.05) is 36.4 Å². The van der Waals surface area contributed by atoms with Gasteiger partial charge in [-0.15, -0.1) is 0 Å². The fourth-order valence-electron chi connectivity index (χ4n) is 4.24. The van der Waals surface area contributed by atoms with Gasteiger partial charge in [0.1, 0.15) is 5.78 Å². The van der Waals surface area contributed by atoms with Crippen molar-refractivity contribution in [3.63, 3.8) is 0 Å². The van der Waals surface area contributed by atoms with Gasteiger partial charge in [0.2, 0.25) is 0 Å². The third-order valence-corrected chi connectivity index (χ3v) is 6.74. The summed E-state index contributed by atoms with van der Waals surface area (Å²) in [4.78, 5) is 25.7. The van der Waals surface area contributed by atoms with E-state index in [9.17, 15) is 10.1 Å². The molecule has 2 aliphatic rings. The van der Waals surface area contributed by atoms with E-state index in [0.717, 1.165) is 54.6 Å². The quantitative estimate of drug-likeness (QED) is 0.583. The van der Waals surface area contributed by atoms with Gasteiger partial charge in [-0.3, -0.25) is 9.69 Å². The Morgan fingerprint density at radius 1 is 1.03 bits per heavy atom. The lowest BCUT2D eigenvalue weighted by Crippen LogP contribution is -2.47. The lowest BCUT2D eigenvalue weighted by molar-refractivity contribution is -0.124. The Kier molecular flexibility index (Phi) is 6.07. The highest BCUT2D eigenvalue weighted by molar-refractivity contribution is 6.33. The van der Waals surface area contributed by atoms with E-state index in [-0.39, 0.29) is 11.8 Å². The van der Waals surface area contributed by atoms with Gasteiger partial charge in [-0.1, -0.05) is 23.2 Å². The summed E-state index contributed by atoms with van der Waals surface area (Å²) in [6.45, 7) is 3.95. The Labute approximate surface area is 201 Å². The van der Waals surface area contributed by atoms with Crippen LogP contribution in [0.1, 0.15) is 24.0 Å². The van der Waals surface area contributed by atoms with E-state index < -0.39 is 0 Å². The molecule has 2 aromatic carbocycles. The molecule has 2 heterocycles. The number of nitrogens with one attached hydrogen (secondary N) is 1. The van der Waals surface area contributed by atoms with Crippen molar-refractivity contribution in [1.82, 2.24) is 14.9 Å². The van der Waals surface area contributed by atoms with Crippen LogP contribution in [0.2, 0.25) is 10.0 Å². The number of halogens is 2. The summed E-state index contributed by atoms with van der Waals surface area (Å²) >= 11 is 12.5. The van der Waals surface area contributed by atoms with E-state index in [0.29, 0.717) is 34.8 Å². The van der Waals surface area contributed by atoms with Gasteiger partial charge in [-0.05, 0) is 42.0 Å². The van der Waals surface area contributed by atoms with Crippen LogP contribution >= 0.6 is 23.2 Å². The molecule has 1 saturated carbocycles. The van der Waals surface area contributed by atoms with Gasteiger partial charge < -0.3 is 10.2 Å². The molecule has 33 heavy (non-hydrogen) atoms. The SMILES string of the molecule is N#Cc1ccc2nc(NC3CC(=O)C3)c(N3CCN(Cc4cc(Cl)ccc4Cl)CC3)nc2c1. The van der Waals surface area contributed by atoms with E-state index in [1.807, 2.05) is 18.2 Å². The molecule has 0 amide bonds. The van der Waals surface area contributed by atoms with Crippen LogP contribution in [0.5, 0.6) is 0 Å². The number of hydrogen-bond donors (Lipinski definition) is 1. The Morgan fingerprint density at radius 3 is 2.55 bits per heavy atom. The fourth-order valence-corrected chi connectivity index (χ4v) is 4.61. The van der Waals surface area contributed by atoms with Crippen LogP contribution in [0.4, 0.5) is 11.6 Å². The molecule has 0 atom stereocenters. The third kappa shape index (κ3) is 4.74. The number of hydrogen-bond acceptors (Lipinski definition) is 7. The Bertz CT molecular complexity index is 1260. The first-order chi connectivity index (χ1) is 16.0. The molecule has 0 radical (unpaired) electrons. The summed E-state index contributed by atoms with van der Waals surface area (Å²) in [5.74, 6) is 1.71. The topological polar surface area (TPSA) is 85.1 Å². The maximum absolute atomic E-state index is 11.5. The number of rotatable bonds is 5. The average molecular weight is 481 g/mol. The molecule has 9 heteroatoms. The van der Waals surface area contributed by atoms with Crippen LogP contribution in [0.15, 0.2) is 36.4 Å². The maximum Gasteiger partial charge on any atom is 0.172 e. The number of benzene rings is 2. The number of piperazine rings is 1. The Hall–Kier alpha value is -2.92. The molecule has 2 fully saturated rings. The van der Waals surface area contributed by atoms with Crippen LogP contribution in [-0.4, -0.2) is 52.9 Å². The first kappa shape index (κ1) is 21.9. The minimum absolute atomic E-state index is 0.0904. The van der Waals surface area contributed by atoms with Gasteiger partial charge in [-0.25, -0.2) is 9.97 Å². The van der Waals surface area contributed by atoms with Crippen molar-refractivity contribution in [3.05, 3.63) is 57.6 Å². The van der Waals surface area contributed by atoms with Gasteiger partial charge in [0.05, 0.1) is 22.7 Å². The molecule has 1 aliphatic carbocycles. The molecule has 0 spiro atoms. The van der Waals surface area contributed by atoms with Crippen LogP contribution in [0.25, 0.3) is 11.0 Å². The monoisotopic (exact) mass is 480 g/mol. The highest BCUT2D eigenvalue weighted by atomic mass is 35.5. The number of anilines is 2. The lowest BCUT2D eigenvalue weighted by atomic mass is 9.91. The average Bonchev–Trinajstić information content (AvgIpc) is 2.80. The van der Waals surface area contributed by atoms with Crippen molar-refractivity contribution in [2.24, 2.45) is 0 Å². The van der Waals surface area contributed by atoms with E-state index in [4.69, 9.17) is 33.2 Å². The van der Waals surface area contributed by atoms with Crippen molar-refractivity contribution in [2.45, 2.75) is 25.4 Å². The molecule has 1 N–H and O–H groups in total.